The first kappa shape index (κ1) is 18.3. The van der Waals surface area contributed by atoms with Crippen molar-refractivity contribution >= 4 is 17.5 Å². The van der Waals surface area contributed by atoms with Crippen LogP contribution >= 0.6 is 0 Å². The molecule has 1 aliphatic carbocycles. The van der Waals surface area contributed by atoms with Crippen molar-refractivity contribution in [3.8, 4) is 11.5 Å². The number of para-hydroxylation sites is 1. The molecule has 1 fully saturated rings. The van der Waals surface area contributed by atoms with E-state index < -0.39 is 0 Å². The third-order valence-electron chi connectivity index (χ3n) is 5.33. The van der Waals surface area contributed by atoms with E-state index in [9.17, 15) is 9.59 Å². The van der Waals surface area contributed by atoms with E-state index in [1.54, 1.807) is 7.11 Å². The van der Waals surface area contributed by atoms with Crippen molar-refractivity contribution < 1.29 is 19.1 Å². The molecule has 6 nitrogen and oxygen atoms in total. The van der Waals surface area contributed by atoms with E-state index in [1.807, 2.05) is 47.4 Å². The van der Waals surface area contributed by atoms with Crippen LogP contribution in [0.2, 0.25) is 0 Å². The molecule has 2 aromatic rings. The molecule has 146 valence electrons. The smallest absolute Gasteiger partial charge is 0.230 e. The first-order chi connectivity index (χ1) is 13.7. The Bertz CT molecular complexity index is 865. The van der Waals surface area contributed by atoms with Gasteiger partial charge >= 0.3 is 0 Å². The maximum atomic E-state index is 12.8. The highest BCUT2D eigenvalue weighted by atomic mass is 16.5. The fraction of sp³-hybridized carbons (Fsp3) is 0.364. The summed E-state index contributed by atoms with van der Waals surface area (Å²) in [6.07, 6.45) is 1.51. The zero-order chi connectivity index (χ0) is 19.5. The van der Waals surface area contributed by atoms with E-state index >= 15 is 0 Å². The highest BCUT2D eigenvalue weighted by Crippen LogP contribution is 2.42. The summed E-state index contributed by atoms with van der Waals surface area (Å²) in [4.78, 5) is 26.9. The molecule has 1 saturated carbocycles. The SMILES string of the molecule is COc1ccc(OCCNC(=O)C2CC2C(=O)N2CCc3ccccc32)cc1. The molecule has 0 spiro atoms. The second kappa shape index (κ2) is 7.92. The lowest BCUT2D eigenvalue weighted by Crippen LogP contribution is -2.34. The predicted molar refractivity (Wildman–Crippen MR) is 106 cm³/mol. The van der Waals surface area contributed by atoms with Gasteiger partial charge in [0.05, 0.1) is 25.5 Å². The van der Waals surface area contributed by atoms with Crippen LogP contribution in [0.4, 0.5) is 5.69 Å². The van der Waals surface area contributed by atoms with Gasteiger partial charge in [-0.25, -0.2) is 0 Å². The Morgan fingerprint density at radius 1 is 1.07 bits per heavy atom. The zero-order valence-corrected chi connectivity index (χ0v) is 15.9. The Morgan fingerprint density at radius 3 is 2.61 bits per heavy atom. The van der Waals surface area contributed by atoms with Gasteiger partial charge in [0.25, 0.3) is 0 Å². The summed E-state index contributed by atoms with van der Waals surface area (Å²) in [5.74, 6) is 1.08. The molecule has 6 heteroatoms. The number of carbonyl (C=O) groups is 2. The monoisotopic (exact) mass is 380 g/mol. The Kier molecular flexibility index (Phi) is 5.19. The summed E-state index contributed by atoms with van der Waals surface area (Å²) in [5.41, 5.74) is 2.19. The van der Waals surface area contributed by atoms with Crippen molar-refractivity contribution in [3.63, 3.8) is 0 Å². The van der Waals surface area contributed by atoms with Crippen LogP contribution in [-0.2, 0) is 16.0 Å². The lowest BCUT2D eigenvalue weighted by molar-refractivity contribution is -0.126. The number of anilines is 1. The molecule has 2 aliphatic rings. The Morgan fingerprint density at radius 2 is 1.82 bits per heavy atom. The maximum Gasteiger partial charge on any atom is 0.230 e. The van der Waals surface area contributed by atoms with Crippen molar-refractivity contribution in [1.29, 1.82) is 0 Å². The van der Waals surface area contributed by atoms with Gasteiger partial charge in [0, 0.05) is 12.2 Å². The Hall–Kier alpha value is -3.02. The molecule has 2 atom stereocenters. The third kappa shape index (κ3) is 3.81. The molecule has 1 heterocycles. The van der Waals surface area contributed by atoms with Gasteiger partial charge in [-0.1, -0.05) is 18.2 Å². The van der Waals surface area contributed by atoms with Crippen LogP contribution in [-0.4, -0.2) is 38.6 Å². The number of carbonyl (C=O) groups excluding carboxylic acids is 2. The van der Waals surface area contributed by atoms with Gasteiger partial charge in [-0.15, -0.1) is 0 Å². The van der Waals surface area contributed by atoms with Crippen molar-refractivity contribution in [3.05, 3.63) is 54.1 Å². The van der Waals surface area contributed by atoms with E-state index in [2.05, 4.69) is 11.4 Å². The fourth-order valence-corrected chi connectivity index (χ4v) is 3.67. The van der Waals surface area contributed by atoms with E-state index in [1.165, 1.54) is 5.56 Å². The van der Waals surface area contributed by atoms with Gasteiger partial charge in [-0.05, 0) is 48.7 Å². The Balaban J connectivity index is 1.21. The molecular formula is C22H24N2O4. The molecular weight excluding hydrogens is 356 g/mol. The highest BCUT2D eigenvalue weighted by molar-refractivity contribution is 6.02. The topological polar surface area (TPSA) is 67.9 Å². The number of nitrogens with zero attached hydrogens (tertiary/aromatic N) is 1. The predicted octanol–water partition coefficient (Wildman–Crippen LogP) is 2.42. The lowest BCUT2D eigenvalue weighted by atomic mass is 10.2. The summed E-state index contributed by atoms with van der Waals surface area (Å²) in [7, 11) is 1.61. The van der Waals surface area contributed by atoms with Gasteiger partial charge in [0.2, 0.25) is 11.8 Å². The first-order valence-electron chi connectivity index (χ1n) is 9.61. The number of rotatable bonds is 7. The lowest BCUT2D eigenvalue weighted by Gasteiger charge is -2.17. The van der Waals surface area contributed by atoms with E-state index in [0.29, 0.717) is 26.1 Å². The van der Waals surface area contributed by atoms with Gasteiger partial charge in [-0.3, -0.25) is 9.59 Å². The molecule has 4 rings (SSSR count). The minimum atomic E-state index is -0.221. The number of nitrogens with one attached hydrogen (secondary N) is 1. The molecule has 28 heavy (non-hydrogen) atoms. The maximum absolute atomic E-state index is 12.8. The second-order valence-electron chi connectivity index (χ2n) is 7.13. The van der Waals surface area contributed by atoms with Crippen molar-refractivity contribution in [2.45, 2.75) is 12.8 Å². The number of amides is 2. The van der Waals surface area contributed by atoms with Crippen molar-refractivity contribution in [1.82, 2.24) is 5.32 Å². The molecule has 1 aliphatic heterocycles. The first-order valence-corrected chi connectivity index (χ1v) is 9.61. The minimum Gasteiger partial charge on any atom is -0.497 e. The average Bonchev–Trinajstić information content (AvgIpc) is 3.43. The van der Waals surface area contributed by atoms with Gasteiger partial charge < -0.3 is 19.7 Å². The van der Waals surface area contributed by atoms with Crippen LogP contribution in [0.15, 0.2) is 48.5 Å². The number of hydrogen-bond donors (Lipinski definition) is 1. The largest absolute Gasteiger partial charge is 0.497 e. The molecule has 2 aromatic carbocycles. The summed E-state index contributed by atoms with van der Waals surface area (Å²) < 4.78 is 10.7. The highest BCUT2D eigenvalue weighted by Gasteiger charge is 2.50. The quantitative estimate of drug-likeness (QED) is 0.749. The minimum absolute atomic E-state index is 0.0656. The van der Waals surface area contributed by atoms with Gasteiger partial charge in [0.15, 0.2) is 0 Å². The average molecular weight is 380 g/mol. The van der Waals surface area contributed by atoms with Crippen LogP contribution in [0, 0.1) is 11.8 Å². The van der Waals surface area contributed by atoms with Gasteiger partial charge in [0.1, 0.15) is 18.1 Å². The number of hydrogen-bond acceptors (Lipinski definition) is 4. The summed E-state index contributed by atoms with van der Waals surface area (Å²) in [5, 5.41) is 2.87. The van der Waals surface area contributed by atoms with Crippen molar-refractivity contribution in [2.24, 2.45) is 11.8 Å². The van der Waals surface area contributed by atoms with Crippen LogP contribution in [0.3, 0.4) is 0 Å². The summed E-state index contributed by atoms with van der Waals surface area (Å²) >= 11 is 0. The number of benzene rings is 2. The third-order valence-corrected chi connectivity index (χ3v) is 5.33. The number of methoxy groups -OCH3 is 1. The normalized spacial score (nSPS) is 19.7. The molecule has 2 amide bonds. The van der Waals surface area contributed by atoms with Crippen LogP contribution < -0.4 is 19.7 Å². The Labute approximate surface area is 164 Å². The fourth-order valence-electron chi connectivity index (χ4n) is 3.67. The van der Waals surface area contributed by atoms with Crippen LogP contribution in [0.5, 0.6) is 11.5 Å². The van der Waals surface area contributed by atoms with Crippen LogP contribution in [0.25, 0.3) is 0 Å². The second-order valence-corrected chi connectivity index (χ2v) is 7.13. The standard InChI is InChI=1S/C22H24N2O4/c1-27-16-6-8-17(9-7-16)28-13-11-23-21(25)18-14-19(18)22(26)24-12-10-15-4-2-3-5-20(15)24/h2-9,18-19H,10-14H2,1H3,(H,23,25). The van der Waals surface area contributed by atoms with Crippen molar-refractivity contribution in [2.75, 3.05) is 31.7 Å². The molecule has 0 aromatic heterocycles. The zero-order valence-electron chi connectivity index (χ0n) is 15.9. The van der Waals surface area contributed by atoms with E-state index in [4.69, 9.17) is 9.47 Å². The molecule has 1 N–H and O–H groups in total. The van der Waals surface area contributed by atoms with Crippen LogP contribution in [0.1, 0.15) is 12.0 Å². The summed E-state index contributed by atoms with van der Waals surface area (Å²) in [6.45, 7) is 1.50. The van der Waals surface area contributed by atoms with E-state index in [0.717, 1.165) is 23.6 Å². The van der Waals surface area contributed by atoms with Gasteiger partial charge in [-0.2, -0.15) is 0 Å². The molecule has 0 saturated heterocycles. The summed E-state index contributed by atoms with van der Waals surface area (Å²) in [6, 6.07) is 15.3. The molecule has 2 unspecified atom stereocenters. The number of fused-ring (bicyclic) bond motifs is 1. The van der Waals surface area contributed by atoms with E-state index in [-0.39, 0.29) is 23.7 Å². The molecule has 0 bridgehead atoms. The molecule has 0 radical (unpaired) electrons. The number of ether oxygens (including phenoxy) is 2.